The number of amides is 10. The zero-order valence-corrected chi connectivity index (χ0v) is 82.5. The number of thioether (sulfide) groups is 1. The van der Waals surface area contributed by atoms with Crippen LogP contribution in [0.3, 0.4) is 0 Å². The number of hydrogen-bond acceptors (Lipinski definition) is 35. The fraction of sp³-hybridized carbons (Fsp3) is 0.435. The number of ether oxygens (including phenoxy) is 5. The molecule has 3 aliphatic rings. The molecule has 0 spiro atoms. The first-order valence-electron chi connectivity index (χ1n) is 45.4. The van der Waals surface area contributed by atoms with Crippen LogP contribution in [-0.4, -0.2) is 338 Å². The van der Waals surface area contributed by atoms with Gasteiger partial charge in [-0.2, -0.15) is 29.5 Å². The first kappa shape index (κ1) is 123. The SMILES string of the molecule is Nc1ccc2c(c1S(=O)(=O)O)OC1=C(S(=O)(=O)O)C(N)C=CC1=C2c1ccc(C(=O)CCCN2C(=O)CC(SCC(CC(=O)C(Cc3ccccc3)NC(=O)CCOCCOCCNC(=O)CC[C@@H](NC(=O)N[C@H](CCC(=O)O)C(=O)O)C(=O)O)C(=O)C(=O)O)C2=O)cc1C(=O)O.O=C(O)CC[C@@H](NC(=O)N[C@H](CCC(=O)NCCOCCOCCC(=O)NC(Cc1ccccc1)C(=O)CC(CS)C(=O)C(=O)O)C(=O)O)C(=O)O. The minimum absolute atomic E-state index is 0.0169. The predicted octanol–water partition coefficient (Wildman–Crippen LogP) is -0.162. The number of benzene rings is 4. The molecule has 0 radical (unpaired) electrons. The Morgan fingerprint density at radius 3 is 1.34 bits per heavy atom. The Morgan fingerprint density at radius 2 is 0.926 bits per heavy atom. The number of carboxylic acids is 9. The maximum absolute atomic E-state index is 14.0. The lowest BCUT2D eigenvalue weighted by atomic mass is 9.84. The summed E-state index contributed by atoms with van der Waals surface area (Å²) in [5.74, 6) is -26.9. The molecule has 0 bridgehead atoms. The van der Waals surface area contributed by atoms with Crippen molar-refractivity contribution in [1.82, 2.24) is 47.4 Å². The predicted molar refractivity (Wildman–Crippen MR) is 517 cm³/mol. The first-order valence-corrected chi connectivity index (χ1v) is 49.9. The Kier molecular flexibility index (Phi) is 49.8. The highest BCUT2D eigenvalue weighted by Crippen LogP contribution is 2.50. The third-order valence-electron chi connectivity index (χ3n) is 22.1. The van der Waals surface area contributed by atoms with Crippen molar-refractivity contribution in [2.24, 2.45) is 17.6 Å². The number of allylic oxidation sites excluding steroid dienone is 1. The number of hydrogen-bond donors (Lipinski definition) is 22. The molecule has 1 aliphatic carbocycles. The van der Waals surface area contributed by atoms with Crippen LogP contribution in [0.25, 0.3) is 5.57 Å². The number of thiol groups is 1. The summed E-state index contributed by atoms with van der Waals surface area (Å²) in [6.45, 7) is -0.349. The zero-order chi connectivity index (χ0) is 111. The number of aromatic carboxylic acids is 1. The number of carboxylic acid groups (broad SMARTS) is 9. The van der Waals surface area contributed by atoms with Crippen molar-refractivity contribution in [3.05, 3.63) is 153 Å². The highest BCUT2D eigenvalue weighted by atomic mass is 32.2. The van der Waals surface area contributed by atoms with Crippen LogP contribution in [-0.2, 0) is 138 Å². The van der Waals surface area contributed by atoms with Gasteiger partial charge in [0.1, 0.15) is 29.1 Å². The van der Waals surface area contributed by atoms with Crippen LogP contribution in [0.4, 0.5) is 15.3 Å². The monoisotopic (exact) mass is 2170 g/mol. The summed E-state index contributed by atoms with van der Waals surface area (Å²) in [5, 5.41) is 101. The number of carbonyl (C=O) groups is 22. The van der Waals surface area contributed by atoms with Gasteiger partial charge in [-0.25, -0.2) is 43.2 Å². The van der Waals surface area contributed by atoms with Gasteiger partial charge >= 0.3 is 65.8 Å². The minimum Gasteiger partial charge on any atom is -0.481 e. The molecule has 0 saturated carbocycles. The third-order valence-corrected chi connectivity index (χ3v) is 25.9. The van der Waals surface area contributed by atoms with Crippen LogP contribution < -0.4 is 58.7 Å². The van der Waals surface area contributed by atoms with Gasteiger partial charge in [0, 0.05) is 129 Å². The molecule has 810 valence electrons. The van der Waals surface area contributed by atoms with Crippen LogP contribution in [0.5, 0.6) is 5.75 Å². The Hall–Kier alpha value is -14.8. The smallest absolute Gasteiger partial charge is 0.372 e. The van der Waals surface area contributed by atoms with Crippen LogP contribution in [0, 0.1) is 11.8 Å². The molecule has 1 fully saturated rings. The molecular weight excluding hydrogens is 2060 g/mol. The average Bonchev–Trinajstić information content (AvgIpc) is 1.46. The molecule has 4 aromatic carbocycles. The van der Waals surface area contributed by atoms with Crippen molar-refractivity contribution in [2.75, 3.05) is 89.7 Å². The molecule has 10 atom stereocenters. The van der Waals surface area contributed by atoms with E-state index < -0.39 is 299 Å². The number of rotatable bonds is 67. The number of fused-ring (bicyclic) bond motifs is 2. The number of nitrogens with one attached hydrogen (secondary N) is 8. The standard InChI is InChI=1S/C60H67N7O27S3.C32H44N4O15S/c61-37-12-10-34-49(35-11-13-38(62)54(97(89,90)91)52(35)94-51(34)53(37)96(86,87)88)33-9-8-31(26-36(33)56(77)78)42(68)7-4-20-67-47(72)28-44(55(67)76)95-29-32(50(75)59(83)84)27-43(69)41(25-30-5-2-1-3-6-30)64-46(71)18-21-92-23-24-93-22-19-63-45(70)16-14-39(57(79)80)65-60(85)66-40(58(81)82)15-17-48(73)74;37-24(17-20(18-52)28(42)31(47)48)23(16-19-4-2-1-3-5-19)34-26(39)10-12-50-14-15-51-13-11-33-25(38)8-6-21(29(43)44)35-32(49)36-22(30(45)46)7-9-27(40)41/h1-3,5-6,8-13,26,32,37,39-41,44H,4,7,14-25,27-29,61-62H2,(H,63,70)(H,64,71)(H,73,74)(H,77,78)(H,79,80)(H,81,82)(H,83,84)(H2,65,66,85)(H,86,87,88)(H,89,90,91);1-5,20-23,52H,6-18H2,(H,33,38)(H,34,39)(H,40,41)(H,43,44)(H,45,46)(H,47,48)(H2,35,36,49)/t32?,37?,39-,40-,41?,44?;20?,21-,22-,23?/m11/s1. The molecule has 57 heteroatoms. The zero-order valence-electron chi connectivity index (χ0n) is 79.2. The van der Waals surface area contributed by atoms with Crippen molar-refractivity contribution < 1.29 is 201 Å². The van der Waals surface area contributed by atoms with Gasteiger partial charge in [-0.1, -0.05) is 84.9 Å². The second-order valence-electron chi connectivity index (χ2n) is 33.0. The summed E-state index contributed by atoms with van der Waals surface area (Å²) < 4.78 is 98.2. The minimum atomic E-state index is -5.25. The number of carbonyl (C=O) groups excluding carboxylic acids is 13. The first-order chi connectivity index (χ1) is 70.3. The van der Waals surface area contributed by atoms with Gasteiger partial charge in [-0.05, 0) is 79.8 Å². The fourth-order valence-electron chi connectivity index (χ4n) is 14.6. The van der Waals surface area contributed by atoms with Crippen molar-refractivity contribution in [3.63, 3.8) is 0 Å². The van der Waals surface area contributed by atoms with E-state index in [2.05, 4.69) is 33.9 Å². The molecule has 2 aliphatic heterocycles. The number of nitrogens with two attached hydrogens (primary N) is 2. The molecule has 0 aromatic heterocycles. The molecule has 23 N–H and O–H groups in total. The van der Waals surface area contributed by atoms with Gasteiger partial charge in [-0.3, -0.25) is 76.3 Å². The van der Waals surface area contributed by atoms with Crippen molar-refractivity contribution in [1.29, 1.82) is 0 Å². The molecule has 7 rings (SSSR count). The van der Waals surface area contributed by atoms with E-state index in [1.54, 1.807) is 60.7 Å². The van der Waals surface area contributed by atoms with E-state index in [-0.39, 0.29) is 164 Å². The summed E-state index contributed by atoms with van der Waals surface area (Å²) in [5.41, 5.74) is 11.0. The number of likely N-dealkylation sites (tertiary alicyclic amines) is 1. The summed E-state index contributed by atoms with van der Waals surface area (Å²) in [6, 6.07) is 10.1. The Labute approximate surface area is 857 Å². The molecule has 10 amide bonds. The maximum atomic E-state index is 14.0. The lowest BCUT2D eigenvalue weighted by Gasteiger charge is -2.31. The fourth-order valence-corrected chi connectivity index (χ4v) is 17.8. The van der Waals surface area contributed by atoms with Crippen molar-refractivity contribution in [2.45, 2.75) is 162 Å². The summed E-state index contributed by atoms with van der Waals surface area (Å²) in [4.78, 5) is 269. The van der Waals surface area contributed by atoms with Gasteiger partial charge in [0.05, 0.1) is 87.5 Å². The van der Waals surface area contributed by atoms with Crippen molar-refractivity contribution >= 4 is 186 Å². The summed E-state index contributed by atoms with van der Waals surface area (Å²) in [6.07, 6.45) is -3.53. The number of aliphatic carboxylic acids is 8. The second-order valence-corrected chi connectivity index (χ2v) is 37.4. The molecule has 1 saturated heterocycles. The van der Waals surface area contributed by atoms with Crippen LogP contribution in [0.15, 0.2) is 124 Å². The number of Topliss-reactive ketones (excluding diaryl/α,β-unsaturated/α-hetero) is 5. The summed E-state index contributed by atoms with van der Waals surface area (Å²) in [7, 11) is -10.5. The quantitative estimate of drug-likeness (QED) is 0.00519. The second kappa shape index (κ2) is 60.4. The average molecular weight is 2170 g/mol. The number of ketones is 5. The van der Waals surface area contributed by atoms with E-state index in [4.69, 9.17) is 55.6 Å². The summed E-state index contributed by atoms with van der Waals surface area (Å²) >= 11 is 4.73. The number of nitrogen functional groups attached to an aromatic ring is 1. The highest BCUT2D eigenvalue weighted by molar-refractivity contribution is 8.00. The topological polar surface area (TPSA) is 864 Å². The van der Waals surface area contributed by atoms with E-state index in [1.165, 1.54) is 18.2 Å². The van der Waals surface area contributed by atoms with Crippen LogP contribution in [0.1, 0.15) is 139 Å². The number of anilines is 1. The highest BCUT2D eigenvalue weighted by Gasteiger charge is 2.44. The third kappa shape index (κ3) is 40.7. The van der Waals surface area contributed by atoms with Gasteiger partial charge in [0.25, 0.3) is 20.2 Å². The van der Waals surface area contributed by atoms with E-state index in [9.17, 15) is 157 Å². The molecule has 149 heavy (non-hydrogen) atoms. The van der Waals surface area contributed by atoms with Gasteiger partial charge in [-0.15, -0.1) is 11.8 Å². The number of imide groups is 1. The lowest BCUT2D eigenvalue weighted by molar-refractivity contribution is -0.151. The largest absolute Gasteiger partial charge is 0.481 e. The molecule has 4 aromatic rings. The lowest BCUT2D eigenvalue weighted by Crippen LogP contribution is -2.51. The normalized spacial score (nSPS) is 15.2. The van der Waals surface area contributed by atoms with E-state index >= 15 is 0 Å². The van der Waals surface area contributed by atoms with Crippen molar-refractivity contribution in [3.8, 4) is 5.75 Å². The van der Waals surface area contributed by atoms with E-state index in [1.807, 2.05) is 21.3 Å². The van der Waals surface area contributed by atoms with E-state index in [0.29, 0.717) is 5.56 Å². The van der Waals surface area contributed by atoms with Gasteiger partial charge in [0.15, 0.2) is 33.8 Å². The van der Waals surface area contributed by atoms with Crippen LogP contribution >= 0.6 is 24.4 Å². The Bertz CT molecular complexity index is 5980. The van der Waals surface area contributed by atoms with Gasteiger partial charge < -0.3 is 124 Å². The number of nitrogens with zero attached hydrogens (tertiary/aromatic N) is 1. The number of urea groups is 2. The van der Waals surface area contributed by atoms with Crippen LogP contribution in [0.2, 0.25) is 0 Å². The molecule has 53 nitrogen and oxygen atoms in total. The maximum Gasteiger partial charge on any atom is 0.372 e. The Morgan fingerprint density at radius 1 is 0.497 bits per heavy atom. The molecule has 6 unspecified atom stereocenters. The molecular formula is C92H111N11O42S4. The van der Waals surface area contributed by atoms with E-state index in [0.717, 1.165) is 46.5 Å². The molecule has 2 heterocycles. The van der Waals surface area contributed by atoms with Gasteiger partial charge in [0.2, 0.25) is 47.0 Å². The Balaban J connectivity index is 0.000000549.